The van der Waals surface area contributed by atoms with Gasteiger partial charge in [-0.05, 0) is 26.1 Å². The molecule has 0 aromatic carbocycles. The molecule has 0 aliphatic rings. The summed E-state index contributed by atoms with van der Waals surface area (Å²) in [5, 5.41) is 12.4. The summed E-state index contributed by atoms with van der Waals surface area (Å²) in [5.41, 5.74) is 1.04. The summed E-state index contributed by atoms with van der Waals surface area (Å²) >= 11 is 3.17. The first-order valence-electron chi connectivity index (χ1n) is 5.92. The summed E-state index contributed by atoms with van der Waals surface area (Å²) in [6.07, 6.45) is 1.88. The molecule has 1 atom stereocenters. The number of nitrogens with one attached hydrogen (secondary N) is 1. The summed E-state index contributed by atoms with van der Waals surface area (Å²) in [6.45, 7) is 2.09. The van der Waals surface area contributed by atoms with Crippen molar-refractivity contribution in [3.63, 3.8) is 0 Å². The molecule has 2 aromatic rings. The molecule has 0 amide bonds. The van der Waals surface area contributed by atoms with Gasteiger partial charge in [0.15, 0.2) is 4.34 Å². The Morgan fingerprint density at radius 2 is 2.11 bits per heavy atom. The van der Waals surface area contributed by atoms with Crippen molar-refractivity contribution >= 4 is 28.2 Å². The molecule has 5 nitrogen and oxygen atoms in total. The molecule has 0 bridgehead atoms. The van der Waals surface area contributed by atoms with Crippen LogP contribution in [-0.2, 0) is 0 Å². The summed E-state index contributed by atoms with van der Waals surface area (Å²) in [7, 11) is 5.86. The van der Waals surface area contributed by atoms with Crippen LogP contribution in [-0.4, -0.2) is 36.3 Å². The van der Waals surface area contributed by atoms with Crippen LogP contribution in [0.5, 0.6) is 0 Å². The highest BCUT2D eigenvalue weighted by molar-refractivity contribution is 8.01. The summed E-state index contributed by atoms with van der Waals surface area (Å²) in [4.78, 5) is 7.48. The molecular weight excluding hydrogens is 278 g/mol. The zero-order chi connectivity index (χ0) is 13.8. The maximum atomic E-state index is 4.45. The van der Waals surface area contributed by atoms with Crippen molar-refractivity contribution in [3.8, 4) is 0 Å². The molecule has 0 saturated heterocycles. The first kappa shape index (κ1) is 14.2. The minimum absolute atomic E-state index is 0.265. The second-order valence-electron chi connectivity index (χ2n) is 4.28. The molecule has 102 valence electrons. The van der Waals surface area contributed by atoms with Gasteiger partial charge in [-0.1, -0.05) is 23.1 Å². The molecule has 0 fully saturated rings. The lowest BCUT2D eigenvalue weighted by Gasteiger charge is -2.09. The molecule has 0 aliphatic carbocycles. The van der Waals surface area contributed by atoms with Crippen LogP contribution >= 0.6 is 23.1 Å². The molecule has 7 heteroatoms. The fourth-order valence-electron chi connectivity index (χ4n) is 1.38. The van der Waals surface area contributed by atoms with Crippen LogP contribution < -0.4 is 10.2 Å². The first-order valence-corrected chi connectivity index (χ1v) is 7.55. The minimum atomic E-state index is 0.265. The van der Waals surface area contributed by atoms with Gasteiger partial charge in [0, 0.05) is 31.2 Å². The summed E-state index contributed by atoms with van der Waals surface area (Å²) in [5.74, 6) is 0. The standard InChI is InChI=1S/C12H17N5S2/c1-8(13-2)10-6-5-9(7-14-10)18-12-16-15-11(19-12)17(3)4/h5-8,13H,1-4H3. The van der Waals surface area contributed by atoms with Crippen LogP contribution in [0, 0.1) is 0 Å². The molecular formula is C12H17N5S2. The molecule has 0 aliphatic heterocycles. The third kappa shape index (κ3) is 3.65. The summed E-state index contributed by atoms with van der Waals surface area (Å²) in [6, 6.07) is 4.37. The van der Waals surface area contributed by atoms with Crippen molar-refractivity contribution in [3.05, 3.63) is 24.0 Å². The fourth-order valence-corrected chi connectivity index (χ4v) is 3.09. The van der Waals surface area contributed by atoms with Crippen LogP contribution in [0.2, 0.25) is 0 Å². The smallest absolute Gasteiger partial charge is 0.208 e. The van der Waals surface area contributed by atoms with E-state index in [1.807, 2.05) is 38.3 Å². The van der Waals surface area contributed by atoms with Gasteiger partial charge in [0.1, 0.15) is 0 Å². The van der Waals surface area contributed by atoms with Crippen molar-refractivity contribution in [1.82, 2.24) is 20.5 Å². The molecule has 2 aromatic heterocycles. The molecule has 1 N–H and O–H groups in total. The van der Waals surface area contributed by atoms with E-state index in [4.69, 9.17) is 0 Å². The van der Waals surface area contributed by atoms with Gasteiger partial charge >= 0.3 is 0 Å². The highest BCUT2D eigenvalue weighted by Gasteiger charge is 2.08. The molecule has 0 radical (unpaired) electrons. The zero-order valence-corrected chi connectivity index (χ0v) is 13.0. The van der Waals surface area contributed by atoms with E-state index in [1.165, 1.54) is 0 Å². The Morgan fingerprint density at radius 3 is 2.63 bits per heavy atom. The van der Waals surface area contributed by atoms with Crippen LogP contribution in [0.25, 0.3) is 0 Å². The quantitative estimate of drug-likeness (QED) is 0.914. The van der Waals surface area contributed by atoms with E-state index in [0.29, 0.717) is 0 Å². The predicted molar refractivity (Wildman–Crippen MR) is 80.1 cm³/mol. The number of anilines is 1. The lowest BCUT2D eigenvalue weighted by Crippen LogP contribution is -2.13. The number of hydrogen-bond acceptors (Lipinski definition) is 7. The van der Waals surface area contributed by atoms with Crippen molar-refractivity contribution in [2.24, 2.45) is 0 Å². The SMILES string of the molecule is CNC(C)c1ccc(Sc2nnc(N(C)C)s2)cn1. The van der Waals surface area contributed by atoms with Gasteiger partial charge in [0.2, 0.25) is 5.13 Å². The Hall–Kier alpha value is -1.18. The normalized spacial score (nSPS) is 12.4. The lowest BCUT2D eigenvalue weighted by atomic mass is 10.2. The average Bonchev–Trinajstić information content (AvgIpc) is 2.87. The van der Waals surface area contributed by atoms with Crippen molar-refractivity contribution < 1.29 is 0 Å². The maximum absolute atomic E-state index is 4.45. The first-order chi connectivity index (χ1) is 9.10. The fraction of sp³-hybridized carbons (Fsp3) is 0.417. The Labute approximate surface area is 121 Å². The summed E-state index contributed by atoms with van der Waals surface area (Å²) < 4.78 is 0.930. The van der Waals surface area contributed by atoms with E-state index < -0.39 is 0 Å². The Balaban J connectivity index is 2.06. The monoisotopic (exact) mass is 295 g/mol. The van der Waals surface area contributed by atoms with Crippen LogP contribution in [0.15, 0.2) is 27.6 Å². The van der Waals surface area contributed by atoms with Gasteiger partial charge in [0.25, 0.3) is 0 Å². The largest absolute Gasteiger partial charge is 0.353 e. The van der Waals surface area contributed by atoms with E-state index >= 15 is 0 Å². The molecule has 19 heavy (non-hydrogen) atoms. The third-order valence-electron chi connectivity index (χ3n) is 2.62. The Kier molecular flexibility index (Phi) is 4.73. The second kappa shape index (κ2) is 6.31. The van der Waals surface area contributed by atoms with Gasteiger partial charge in [-0.15, -0.1) is 10.2 Å². The average molecular weight is 295 g/mol. The molecule has 1 unspecified atom stereocenters. The van der Waals surface area contributed by atoms with E-state index in [2.05, 4.69) is 33.5 Å². The van der Waals surface area contributed by atoms with Crippen LogP contribution in [0.3, 0.4) is 0 Å². The van der Waals surface area contributed by atoms with E-state index in [1.54, 1.807) is 23.1 Å². The molecule has 0 saturated carbocycles. The number of rotatable bonds is 5. The number of aromatic nitrogens is 3. The topological polar surface area (TPSA) is 53.9 Å². The van der Waals surface area contributed by atoms with E-state index in [-0.39, 0.29) is 6.04 Å². The lowest BCUT2D eigenvalue weighted by molar-refractivity contribution is 0.631. The molecule has 2 rings (SSSR count). The molecule has 0 spiro atoms. The Bertz CT molecular complexity index is 523. The van der Waals surface area contributed by atoms with Crippen molar-refractivity contribution in [1.29, 1.82) is 0 Å². The highest BCUT2D eigenvalue weighted by Crippen LogP contribution is 2.32. The predicted octanol–water partition coefficient (Wildman–Crippen LogP) is 2.43. The highest BCUT2D eigenvalue weighted by atomic mass is 32.2. The van der Waals surface area contributed by atoms with E-state index in [0.717, 1.165) is 20.1 Å². The van der Waals surface area contributed by atoms with Crippen LogP contribution in [0.1, 0.15) is 18.7 Å². The second-order valence-corrected chi connectivity index (χ2v) is 6.55. The number of pyridine rings is 1. The number of nitrogens with zero attached hydrogens (tertiary/aromatic N) is 4. The van der Waals surface area contributed by atoms with Gasteiger partial charge in [0.05, 0.1) is 5.69 Å². The Morgan fingerprint density at radius 1 is 1.32 bits per heavy atom. The zero-order valence-electron chi connectivity index (χ0n) is 11.4. The van der Waals surface area contributed by atoms with Crippen molar-refractivity contribution in [2.45, 2.75) is 22.2 Å². The van der Waals surface area contributed by atoms with E-state index in [9.17, 15) is 0 Å². The van der Waals surface area contributed by atoms with Gasteiger partial charge in [-0.2, -0.15) is 0 Å². The van der Waals surface area contributed by atoms with Gasteiger partial charge in [-0.3, -0.25) is 4.98 Å². The molecule has 2 heterocycles. The van der Waals surface area contributed by atoms with Gasteiger partial charge < -0.3 is 10.2 Å². The van der Waals surface area contributed by atoms with Gasteiger partial charge in [-0.25, -0.2) is 0 Å². The maximum Gasteiger partial charge on any atom is 0.208 e. The number of hydrogen-bond donors (Lipinski definition) is 1. The van der Waals surface area contributed by atoms with Crippen LogP contribution in [0.4, 0.5) is 5.13 Å². The third-order valence-corrected chi connectivity index (χ3v) is 4.74. The van der Waals surface area contributed by atoms with Crippen molar-refractivity contribution in [2.75, 3.05) is 26.0 Å². The minimum Gasteiger partial charge on any atom is -0.353 e.